The van der Waals surface area contributed by atoms with Gasteiger partial charge in [-0.05, 0) is 49.4 Å². The van der Waals surface area contributed by atoms with Crippen LogP contribution in [0.2, 0.25) is 0 Å². The number of amides is 2. The minimum absolute atomic E-state index is 0.00281. The molecule has 1 aromatic rings. The van der Waals surface area contributed by atoms with Crippen LogP contribution in [0, 0.1) is 29.1 Å². The lowest BCUT2D eigenvalue weighted by molar-refractivity contribution is -0.144. The van der Waals surface area contributed by atoms with Gasteiger partial charge in [-0.1, -0.05) is 20.8 Å². The highest BCUT2D eigenvalue weighted by Gasteiger charge is 2.54. The van der Waals surface area contributed by atoms with Crippen molar-refractivity contribution in [3.63, 3.8) is 0 Å². The zero-order valence-corrected chi connectivity index (χ0v) is 20.9. The Hall–Kier alpha value is -1.12. The Kier molecular flexibility index (Phi) is 6.08. The van der Waals surface area contributed by atoms with Gasteiger partial charge in [0.15, 0.2) is 5.13 Å². The minimum atomic E-state index is -0.513. The first kappa shape index (κ1) is 22.7. The van der Waals surface area contributed by atoms with E-state index < -0.39 is 6.10 Å². The van der Waals surface area contributed by atoms with Gasteiger partial charge in [0.2, 0.25) is 11.8 Å². The van der Waals surface area contributed by atoms with Crippen LogP contribution in [0.5, 0.6) is 0 Å². The number of aliphatic hydroxyl groups is 1. The average molecular weight is 478 g/mol. The lowest BCUT2D eigenvalue weighted by atomic mass is 9.53. The number of nitrogens with one attached hydrogen (secondary N) is 1. The van der Waals surface area contributed by atoms with Gasteiger partial charge >= 0.3 is 0 Å². The largest absolute Gasteiger partial charge is 0.392 e. The first-order chi connectivity index (χ1) is 15.3. The summed E-state index contributed by atoms with van der Waals surface area (Å²) in [4.78, 5) is 33.5. The van der Waals surface area contributed by atoms with E-state index >= 15 is 0 Å². The summed E-state index contributed by atoms with van der Waals surface area (Å²) < 4.78 is 0. The molecule has 0 bridgehead atoms. The molecule has 0 unspecified atom stereocenters. The van der Waals surface area contributed by atoms with Crippen LogP contribution >= 0.6 is 23.1 Å². The summed E-state index contributed by atoms with van der Waals surface area (Å²) in [6, 6.07) is 0. The van der Waals surface area contributed by atoms with Crippen molar-refractivity contribution in [3.8, 4) is 0 Å². The maximum atomic E-state index is 13.2. The zero-order chi connectivity index (χ0) is 22.6. The van der Waals surface area contributed by atoms with Gasteiger partial charge in [0.25, 0.3) is 0 Å². The number of anilines is 1. The third kappa shape index (κ3) is 4.00. The van der Waals surface area contributed by atoms with E-state index in [1.54, 1.807) is 11.3 Å². The monoisotopic (exact) mass is 477 g/mol. The molecule has 5 rings (SSSR count). The van der Waals surface area contributed by atoms with Crippen LogP contribution in [0.3, 0.4) is 0 Å². The second-order valence-corrected chi connectivity index (χ2v) is 13.0. The fourth-order valence-corrected chi connectivity index (χ4v) is 8.58. The second-order valence-electron chi connectivity index (χ2n) is 10.7. The van der Waals surface area contributed by atoms with E-state index in [4.69, 9.17) is 4.98 Å². The molecule has 3 aliphatic carbocycles. The Balaban J connectivity index is 1.34. The quantitative estimate of drug-likeness (QED) is 0.690. The summed E-state index contributed by atoms with van der Waals surface area (Å²) in [7, 11) is 0. The highest BCUT2D eigenvalue weighted by atomic mass is 32.2. The van der Waals surface area contributed by atoms with Gasteiger partial charge < -0.3 is 15.3 Å². The molecule has 6 atom stereocenters. The van der Waals surface area contributed by atoms with Crippen molar-refractivity contribution in [3.05, 3.63) is 10.6 Å². The van der Waals surface area contributed by atoms with Crippen molar-refractivity contribution >= 4 is 40.0 Å². The van der Waals surface area contributed by atoms with Gasteiger partial charge in [0.05, 0.1) is 11.8 Å². The molecule has 2 heterocycles. The van der Waals surface area contributed by atoms with Crippen molar-refractivity contribution in [2.45, 2.75) is 64.9 Å². The first-order valence-electron chi connectivity index (χ1n) is 12.1. The van der Waals surface area contributed by atoms with E-state index in [9.17, 15) is 14.7 Å². The van der Waals surface area contributed by atoms with Crippen LogP contribution in [0.25, 0.3) is 0 Å². The maximum Gasteiger partial charge on any atom is 0.229 e. The number of hydrogen-bond donors (Lipinski definition) is 2. The molecule has 1 saturated heterocycles. The van der Waals surface area contributed by atoms with Gasteiger partial charge in [-0.3, -0.25) is 9.59 Å². The van der Waals surface area contributed by atoms with E-state index in [0.717, 1.165) is 62.4 Å². The maximum absolute atomic E-state index is 13.2. The summed E-state index contributed by atoms with van der Waals surface area (Å²) in [5.74, 6) is 2.51. The lowest BCUT2D eigenvalue weighted by Crippen LogP contribution is -2.54. The van der Waals surface area contributed by atoms with Crippen molar-refractivity contribution < 1.29 is 14.7 Å². The first-order valence-corrected chi connectivity index (χ1v) is 14.1. The fraction of sp³-hybridized carbons (Fsp3) is 0.792. The highest BCUT2D eigenvalue weighted by molar-refractivity contribution is 7.99. The topological polar surface area (TPSA) is 82.5 Å². The molecular formula is C24H35N3O3S2. The average Bonchev–Trinajstić information content (AvgIpc) is 3.55. The van der Waals surface area contributed by atoms with Gasteiger partial charge in [-0.25, -0.2) is 4.98 Å². The Labute approximate surface area is 198 Å². The summed E-state index contributed by atoms with van der Waals surface area (Å²) in [6.07, 6.45) is 4.24. The number of nitrogens with zero attached hydrogens (tertiary/aromatic N) is 2. The molecule has 0 spiro atoms. The summed E-state index contributed by atoms with van der Waals surface area (Å²) in [6.45, 7) is 8.14. The van der Waals surface area contributed by atoms with E-state index in [1.807, 2.05) is 23.6 Å². The Morgan fingerprint density at radius 1 is 1.25 bits per heavy atom. The predicted molar refractivity (Wildman–Crippen MR) is 129 cm³/mol. The molecule has 1 aromatic heterocycles. The highest BCUT2D eigenvalue weighted by Crippen LogP contribution is 2.57. The molecule has 2 amide bonds. The summed E-state index contributed by atoms with van der Waals surface area (Å²) >= 11 is 3.52. The van der Waals surface area contributed by atoms with E-state index in [1.165, 1.54) is 4.88 Å². The number of aromatic nitrogens is 1. The molecule has 6 nitrogen and oxygen atoms in total. The van der Waals surface area contributed by atoms with Crippen LogP contribution in [-0.2, 0) is 16.0 Å². The molecule has 32 heavy (non-hydrogen) atoms. The Morgan fingerprint density at radius 2 is 1.97 bits per heavy atom. The number of thiazole rings is 1. The molecule has 0 aromatic carbocycles. The standard InChI is InChI=1S/C24H35N3O3S2/c1-13(22(30)27-8-10-31-11-9-27)16-6-7-24(3)12-17-19(14(2)18(24)20(16)28)25-23(32-17)26-21(29)15-4-5-15/h13-16,18,20,28H,4-12H2,1-3H3,(H,25,26,29)/t13-,14-,16-,18+,20-,24-/m0/s1. The molecule has 0 radical (unpaired) electrons. The molecule has 176 valence electrons. The fourth-order valence-electron chi connectivity index (χ4n) is 6.41. The number of aliphatic hydroxyl groups excluding tert-OH is 1. The Bertz CT molecular complexity index is 895. The second kappa shape index (κ2) is 8.58. The zero-order valence-electron chi connectivity index (χ0n) is 19.3. The van der Waals surface area contributed by atoms with Crippen molar-refractivity contribution in [2.24, 2.45) is 29.1 Å². The molecule has 2 saturated carbocycles. The van der Waals surface area contributed by atoms with E-state index in [0.29, 0.717) is 5.13 Å². The minimum Gasteiger partial charge on any atom is -0.392 e. The van der Waals surface area contributed by atoms with Crippen LogP contribution in [-0.4, -0.2) is 57.5 Å². The normalized spacial score (nSPS) is 35.6. The molecule has 1 aliphatic heterocycles. The summed E-state index contributed by atoms with van der Waals surface area (Å²) in [5, 5.41) is 15.3. The van der Waals surface area contributed by atoms with Crippen LogP contribution in [0.4, 0.5) is 5.13 Å². The van der Waals surface area contributed by atoms with Crippen molar-refractivity contribution in [2.75, 3.05) is 29.9 Å². The van der Waals surface area contributed by atoms with Crippen LogP contribution in [0.15, 0.2) is 0 Å². The third-order valence-corrected chi connectivity index (χ3v) is 10.4. The number of fused-ring (bicyclic) bond motifs is 2. The molecular weight excluding hydrogens is 442 g/mol. The molecule has 2 N–H and O–H groups in total. The molecule has 8 heteroatoms. The third-order valence-electron chi connectivity index (χ3n) is 8.45. The lowest BCUT2D eigenvalue weighted by Gasteiger charge is -2.53. The molecule has 4 aliphatic rings. The van der Waals surface area contributed by atoms with Crippen molar-refractivity contribution in [1.29, 1.82) is 0 Å². The number of carbonyl (C=O) groups is 2. The van der Waals surface area contributed by atoms with E-state index in [2.05, 4.69) is 19.2 Å². The SMILES string of the molecule is C[C@H](C(=O)N1CCSCC1)[C@@H]1CC[C@@]2(C)Cc3sc(NC(=O)C4CC4)nc3[C@@H](C)[C@@H]2[C@H]1O. The van der Waals surface area contributed by atoms with E-state index in [-0.39, 0.29) is 46.8 Å². The number of thioether (sulfide) groups is 1. The van der Waals surface area contributed by atoms with Gasteiger partial charge in [-0.15, -0.1) is 11.3 Å². The molecule has 3 fully saturated rings. The van der Waals surface area contributed by atoms with Crippen molar-refractivity contribution in [1.82, 2.24) is 9.88 Å². The number of hydrogen-bond acceptors (Lipinski definition) is 6. The predicted octanol–water partition coefficient (Wildman–Crippen LogP) is 3.76. The Morgan fingerprint density at radius 3 is 2.66 bits per heavy atom. The number of rotatable bonds is 4. The van der Waals surface area contributed by atoms with Crippen LogP contribution in [0.1, 0.15) is 62.9 Å². The van der Waals surface area contributed by atoms with Gasteiger partial charge in [0, 0.05) is 47.2 Å². The summed E-state index contributed by atoms with van der Waals surface area (Å²) in [5.41, 5.74) is 1.03. The smallest absolute Gasteiger partial charge is 0.229 e. The van der Waals surface area contributed by atoms with Crippen LogP contribution < -0.4 is 5.32 Å². The number of carbonyl (C=O) groups excluding carboxylic acids is 2. The van der Waals surface area contributed by atoms with Gasteiger partial charge in [0.1, 0.15) is 0 Å². The van der Waals surface area contributed by atoms with Gasteiger partial charge in [-0.2, -0.15) is 11.8 Å².